The summed E-state index contributed by atoms with van der Waals surface area (Å²) in [6.07, 6.45) is 2.44. The molecule has 3 N–H and O–H groups in total. The first-order chi connectivity index (χ1) is 9.06. The number of nitrogens with one attached hydrogen (secondary N) is 1. The van der Waals surface area contributed by atoms with E-state index in [1.807, 2.05) is 18.2 Å². The summed E-state index contributed by atoms with van der Waals surface area (Å²) >= 11 is 4.89. The lowest BCUT2D eigenvalue weighted by atomic mass is 10.2. The number of hydrogen-bond acceptors (Lipinski definition) is 3. The number of hydrogen-bond donors (Lipinski definition) is 2. The Labute approximate surface area is 124 Å². The van der Waals surface area contributed by atoms with Crippen LogP contribution in [-0.2, 0) is 0 Å². The molecule has 1 aliphatic rings. The molecule has 1 amide bonds. The molecule has 1 fully saturated rings. The number of thiophene rings is 1. The quantitative estimate of drug-likeness (QED) is 0.894. The molecule has 0 radical (unpaired) electrons. The lowest BCUT2D eigenvalue weighted by Crippen LogP contribution is -2.33. The molecular weight excluding hydrogens is 324 g/mol. The van der Waals surface area contributed by atoms with Gasteiger partial charge in [-0.1, -0.05) is 15.9 Å². The van der Waals surface area contributed by atoms with Crippen LogP contribution in [0.1, 0.15) is 29.4 Å². The summed E-state index contributed by atoms with van der Waals surface area (Å²) in [5, 5.41) is 4.00. The summed E-state index contributed by atoms with van der Waals surface area (Å²) in [7, 11) is 0. The van der Waals surface area contributed by atoms with Crippen LogP contribution in [0.2, 0.25) is 0 Å². The second kappa shape index (κ2) is 4.80. The van der Waals surface area contributed by atoms with Crippen LogP contribution < -0.4 is 11.1 Å². The van der Waals surface area contributed by atoms with Gasteiger partial charge in [0.25, 0.3) is 5.91 Å². The predicted molar refractivity (Wildman–Crippen MR) is 83.6 cm³/mol. The Hall–Kier alpha value is -1.07. The van der Waals surface area contributed by atoms with E-state index in [1.54, 1.807) is 0 Å². The summed E-state index contributed by atoms with van der Waals surface area (Å²) < 4.78 is 2.02. The first kappa shape index (κ1) is 12.9. The number of benzene rings is 1. The Balaban J connectivity index is 1.91. The highest BCUT2D eigenvalue weighted by molar-refractivity contribution is 9.10. The fraction of sp³-hybridized carbons (Fsp3) is 0.357. The van der Waals surface area contributed by atoms with E-state index in [4.69, 9.17) is 5.73 Å². The van der Waals surface area contributed by atoms with Crippen molar-refractivity contribution in [3.05, 3.63) is 27.5 Å². The molecule has 19 heavy (non-hydrogen) atoms. The standard InChI is InChI=1S/C14H15BrN2OS/c1-7(8-2-3-8)17-14(18)13-12(16)10-6-9(15)4-5-11(10)19-13/h4-8H,2-3,16H2,1H3,(H,17,18). The molecule has 1 aromatic carbocycles. The molecule has 0 bridgehead atoms. The number of rotatable bonds is 3. The van der Waals surface area contributed by atoms with Gasteiger partial charge in [0.2, 0.25) is 0 Å². The summed E-state index contributed by atoms with van der Waals surface area (Å²) in [5.41, 5.74) is 6.69. The van der Waals surface area contributed by atoms with Gasteiger partial charge in [0.1, 0.15) is 4.88 Å². The summed E-state index contributed by atoms with van der Waals surface area (Å²) in [6, 6.07) is 6.15. The average Bonchev–Trinajstić information content (AvgIpc) is 3.16. The minimum atomic E-state index is -0.0470. The fourth-order valence-electron chi connectivity index (χ4n) is 2.24. The van der Waals surface area contributed by atoms with Crippen LogP contribution in [0.15, 0.2) is 22.7 Å². The number of anilines is 1. The molecule has 1 aromatic heterocycles. The van der Waals surface area contributed by atoms with Gasteiger partial charge in [0.15, 0.2) is 0 Å². The zero-order valence-electron chi connectivity index (χ0n) is 10.6. The van der Waals surface area contributed by atoms with E-state index >= 15 is 0 Å². The fourth-order valence-corrected chi connectivity index (χ4v) is 3.61. The van der Waals surface area contributed by atoms with Crippen LogP contribution in [0.5, 0.6) is 0 Å². The molecule has 0 saturated heterocycles. The molecule has 3 nitrogen and oxygen atoms in total. The zero-order valence-corrected chi connectivity index (χ0v) is 13.0. The number of carbonyl (C=O) groups is 1. The highest BCUT2D eigenvalue weighted by atomic mass is 79.9. The molecule has 0 spiro atoms. The van der Waals surface area contributed by atoms with Gasteiger partial charge in [-0.2, -0.15) is 0 Å². The van der Waals surface area contributed by atoms with Crippen molar-refractivity contribution in [2.45, 2.75) is 25.8 Å². The Bertz CT molecular complexity index is 648. The molecule has 100 valence electrons. The molecule has 1 unspecified atom stereocenters. The molecule has 1 aliphatic carbocycles. The van der Waals surface area contributed by atoms with Crippen molar-refractivity contribution in [3.8, 4) is 0 Å². The average molecular weight is 339 g/mol. The largest absolute Gasteiger partial charge is 0.397 e. The van der Waals surface area contributed by atoms with Crippen molar-refractivity contribution >= 4 is 48.9 Å². The predicted octanol–water partition coefficient (Wildman–Crippen LogP) is 3.77. The first-order valence-corrected chi connectivity index (χ1v) is 7.95. The molecule has 0 aliphatic heterocycles. The van der Waals surface area contributed by atoms with Crippen molar-refractivity contribution in [3.63, 3.8) is 0 Å². The Kier molecular flexibility index (Phi) is 3.27. The van der Waals surface area contributed by atoms with Gasteiger partial charge < -0.3 is 11.1 Å². The molecular formula is C14H15BrN2OS. The number of carbonyl (C=O) groups excluding carboxylic acids is 1. The highest BCUT2D eigenvalue weighted by Gasteiger charge is 2.30. The maximum absolute atomic E-state index is 12.3. The third-order valence-corrected chi connectivity index (χ3v) is 5.26. The lowest BCUT2D eigenvalue weighted by molar-refractivity contribution is 0.0941. The number of halogens is 1. The van der Waals surface area contributed by atoms with Crippen LogP contribution >= 0.6 is 27.3 Å². The maximum Gasteiger partial charge on any atom is 0.263 e. The van der Waals surface area contributed by atoms with Gasteiger partial charge in [0, 0.05) is 20.6 Å². The first-order valence-electron chi connectivity index (χ1n) is 6.34. The van der Waals surface area contributed by atoms with Gasteiger partial charge in [0.05, 0.1) is 5.69 Å². The zero-order chi connectivity index (χ0) is 13.6. The topological polar surface area (TPSA) is 55.1 Å². The van der Waals surface area contributed by atoms with E-state index in [2.05, 4.69) is 28.2 Å². The maximum atomic E-state index is 12.3. The van der Waals surface area contributed by atoms with Crippen LogP contribution in [0.3, 0.4) is 0 Å². The second-order valence-electron chi connectivity index (χ2n) is 5.08. The van der Waals surface area contributed by atoms with Crippen LogP contribution in [0.4, 0.5) is 5.69 Å². The van der Waals surface area contributed by atoms with Crippen LogP contribution in [0.25, 0.3) is 10.1 Å². The second-order valence-corrected chi connectivity index (χ2v) is 7.05. The van der Waals surface area contributed by atoms with E-state index < -0.39 is 0 Å². The minimum Gasteiger partial charge on any atom is -0.397 e. The van der Waals surface area contributed by atoms with Crippen molar-refractivity contribution in [2.24, 2.45) is 5.92 Å². The van der Waals surface area contributed by atoms with Gasteiger partial charge in [-0.25, -0.2) is 0 Å². The molecule has 3 rings (SSSR count). The summed E-state index contributed by atoms with van der Waals surface area (Å²) in [4.78, 5) is 12.9. The minimum absolute atomic E-state index is 0.0470. The van der Waals surface area contributed by atoms with E-state index in [1.165, 1.54) is 24.2 Å². The van der Waals surface area contributed by atoms with Gasteiger partial charge >= 0.3 is 0 Å². The van der Waals surface area contributed by atoms with Crippen molar-refractivity contribution in [1.29, 1.82) is 0 Å². The Morgan fingerprint density at radius 3 is 2.95 bits per heavy atom. The third-order valence-electron chi connectivity index (χ3n) is 3.58. The smallest absolute Gasteiger partial charge is 0.263 e. The van der Waals surface area contributed by atoms with Crippen molar-refractivity contribution < 1.29 is 4.79 Å². The number of nitrogens with two attached hydrogens (primary N) is 1. The molecule has 5 heteroatoms. The van der Waals surface area contributed by atoms with Gasteiger partial charge in [-0.15, -0.1) is 11.3 Å². The monoisotopic (exact) mass is 338 g/mol. The van der Waals surface area contributed by atoms with E-state index in [9.17, 15) is 4.79 Å². The van der Waals surface area contributed by atoms with Gasteiger partial charge in [-0.3, -0.25) is 4.79 Å². The normalized spacial score (nSPS) is 16.5. The number of fused-ring (bicyclic) bond motifs is 1. The molecule has 1 atom stereocenters. The Morgan fingerprint density at radius 2 is 2.26 bits per heavy atom. The summed E-state index contributed by atoms with van der Waals surface area (Å²) in [6.45, 7) is 2.07. The molecule has 2 aromatic rings. The van der Waals surface area contributed by atoms with E-state index in [0.717, 1.165) is 14.6 Å². The van der Waals surface area contributed by atoms with E-state index in [0.29, 0.717) is 16.5 Å². The van der Waals surface area contributed by atoms with E-state index in [-0.39, 0.29) is 11.9 Å². The number of nitrogen functional groups attached to an aromatic ring is 1. The van der Waals surface area contributed by atoms with Crippen molar-refractivity contribution in [2.75, 3.05) is 5.73 Å². The van der Waals surface area contributed by atoms with Gasteiger partial charge in [-0.05, 0) is 43.9 Å². The van der Waals surface area contributed by atoms with Crippen LogP contribution in [0, 0.1) is 5.92 Å². The molecule has 1 saturated carbocycles. The number of amides is 1. The SMILES string of the molecule is CC(NC(=O)c1sc2ccc(Br)cc2c1N)C1CC1. The van der Waals surface area contributed by atoms with Crippen molar-refractivity contribution in [1.82, 2.24) is 5.32 Å². The summed E-state index contributed by atoms with van der Waals surface area (Å²) in [5.74, 6) is 0.600. The Morgan fingerprint density at radius 1 is 1.53 bits per heavy atom. The third kappa shape index (κ3) is 2.49. The lowest BCUT2D eigenvalue weighted by Gasteiger charge is -2.11. The highest BCUT2D eigenvalue weighted by Crippen LogP contribution is 2.36. The molecule has 1 heterocycles. The van der Waals surface area contributed by atoms with Crippen LogP contribution in [-0.4, -0.2) is 11.9 Å².